The zero-order valence-corrected chi connectivity index (χ0v) is 10.5. The van der Waals surface area contributed by atoms with E-state index in [9.17, 15) is 22.8 Å². The molecular formula is C12H8ClF3O4. The predicted molar refractivity (Wildman–Crippen MR) is 61.7 cm³/mol. The van der Waals surface area contributed by atoms with Gasteiger partial charge in [-0.3, -0.25) is 9.59 Å². The van der Waals surface area contributed by atoms with Crippen LogP contribution in [0.2, 0.25) is 5.02 Å². The second-order valence-corrected chi connectivity index (χ2v) is 4.75. The Morgan fingerprint density at radius 3 is 2.40 bits per heavy atom. The molecule has 0 aromatic heterocycles. The van der Waals surface area contributed by atoms with E-state index in [1.807, 2.05) is 0 Å². The van der Waals surface area contributed by atoms with Gasteiger partial charge in [0.1, 0.15) is 5.75 Å². The van der Waals surface area contributed by atoms with Crippen LogP contribution in [0.5, 0.6) is 5.75 Å². The summed E-state index contributed by atoms with van der Waals surface area (Å²) in [4.78, 5) is 22.5. The molecule has 2 atom stereocenters. The molecule has 1 aliphatic carbocycles. The number of aliphatic carboxylic acids is 1. The van der Waals surface area contributed by atoms with Crippen LogP contribution in [0.15, 0.2) is 18.2 Å². The molecule has 0 aliphatic heterocycles. The second-order valence-electron chi connectivity index (χ2n) is 4.34. The molecule has 0 heterocycles. The quantitative estimate of drug-likeness (QED) is 0.868. The molecule has 0 spiro atoms. The number of ketones is 1. The van der Waals surface area contributed by atoms with E-state index in [-0.39, 0.29) is 17.0 Å². The number of carbonyl (C=O) groups is 2. The largest absolute Gasteiger partial charge is 0.573 e. The Morgan fingerprint density at radius 2 is 1.95 bits per heavy atom. The van der Waals surface area contributed by atoms with Crippen LogP contribution in [0, 0.1) is 11.8 Å². The first-order valence-electron chi connectivity index (χ1n) is 5.51. The monoisotopic (exact) mass is 308 g/mol. The minimum atomic E-state index is -4.87. The third-order valence-corrected chi connectivity index (χ3v) is 3.18. The molecular weight excluding hydrogens is 301 g/mol. The van der Waals surface area contributed by atoms with Gasteiger partial charge in [0.25, 0.3) is 0 Å². The lowest BCUT2D eigenvalue weighted by atomic mass is 10.1. The van der Waals surface area contributed by atoms with E-state index < -0.39 is 35.7 Å². The van der Waals surface area contributed by atoms with Crippen molar-refractivity contribution in [3.8, 4) is 5.75 Å². The van der Waals surface area contributed by atoms with Crippen molar-refractivity contribution in [1.29, 1.82) is 0 Å². The van der Waals surface area contributed by atoms with Crippen LogP contribution in [0.25, 0.3) is 0 Å². The Morgan fingerprint density at radius 1 is 1.30 bits per heavy atom. The molecule has 0 radical (unpaired) electrons. The highest BCUT2D eigenvalue weighted by atomic mass is 35.5. The topological polar surface area (TPSA) is 63.6 Å². The maximum atomic E-state index is 12.0. The molecule has 20 heavy (non-hydrogen) atoms. The van der Waals surface area contributed by atoms with Crippen LogP contribution in [0.3, 0.4) is 0 Å². The maximum Gasteiger partial charge on any atom is 0.573 e. The molecule has 0 amide bonds. The van der Waals surface area contributed by atoms with Gasteiger partial charge in [-0.2, -0.15) is 0 Å². The Hall–Kier alpha value is -1.76. The zero-order valence-electron chi connectivity index (χ0n) is 9.78. The van der Waals surface area contributed by atoms with E-state index in [2.05, 4.69) is 4.74 Å². The van der Waals surface area contributed by atoms with Crippen molar-refractivity contribution >= 4 is 23.4 Å². The van der Waals surface area contributed by atoms with Crippen LogP contribution in [0.1, 0.15) is 16.8 Å². The number of hydrogen-bond acceptors (Lipinski definition) is 3. The second kappa shape index (κ2) is 4.97. The average molecular weight is 309 g/mol. The summed E-state index contributed by atoms with van der Waals surface area (Å²) in [6.07, 6.45) is -4.65. The highest BCUT2D eigenvalue weighted by Gasteiger charge is 2.48. The van der Waals surface area contributed by atoms with E-state index in [4.69, 9.17) is 16.7 Å². The summed E-state index contributed by atoms with van der Waals surface area (Å²) in [5, 5.41) is 8.36. The Bertz CT molecular complexity index is 570. The number of ether oxygens (including phenoxy) is 1. The van der Waals surface area contributed by atoms with Gasteiger partial charge in [0, 0.05) is 11.5 Å². The fraction of sp³-hybridized carbons (Fsp3) is 0.333. The molecule has 1 aromatic rings. The molecule has 1 fully saturated rings. The first-order valence-corrected chi connectivity index (χ1v) is 5.89. The Labute approximate surface area is 116 Å². The van der Waals surface area contributed by atoms with Crippen molar-refractivity contribution in [3.63, 3.8) is 0 Å². The van der Waals surface area contributed by atoms with Gasteiger partial charge in [-0.1, -0.05) is 11.6 Å². The molecule has 2 rings (SSSR count). The number of carboxylic acids is 1. The first kappa shape index (κ1) is 14.6. The van der Waals surface area contributed by atoms with Gasteiger partial charge >= 0.3 is 12.3 Å². The first-order chi connectivity index (χ1) is 9.19. The number of carbonyl (C=O) groups excluding carboxylic acids is 1. The minimum Gasteiger partial charge on any atom is -0.481 e. The van der Waals surface area contributed by atoms with E-state index >= 15 is 0 Å². The van der Waals surface area contributed by atoms with Gasteiger partial charge < -0.3 is 9.84 Å². The van der Waals surface area contributed by atoms with E-state index in [0.29, 0.717) is 0 Å². The predicted octanol–water partition coefficient (Wildman–Crippen LogP) is 3.14. The number of halogens is 4. The summed E-state index contributed by atoms with van der Waals surface area (Å²) in [5.41, 5.74) is 0.0678. The maximum absolute atomic E-state index is 12.0. The minimum absolute atomic E-state index is 0.0678. The molecule has 0 bridgehead atoms. The molecule has 1 aliphatic rings. The SMILES string of the molecule is O=C(O)C1CC1C(=O)c1ccc(OC(F)(F)F)c(Cl)c1. The van der Waals surface area contributed by atoms with Crippen molar-refractivity contribution in [2.24, 2.45) is 11.8 Å². The molecule has 0 saturated heterocycles. The third-order valence-electron chi connectivity index (χ3n) is 2.89. The summed E-state index contributed by atoms with van der Waals surface area (Å²) in [6.45, 7) is 0. The lowest BCUT2D eigenvalue weighted by Gasteiger charge is -2.11. The summed E-state index contributed by atoms with van der Waals surface area (Å²) >= 11 is 5.61. The Balaban J connectivity index is 2.14. The van der Waals surface area contributed by atoms with Gasteiger partial charge in [0.05, 0.1) is 10.9 Å². The zero-order chi connectivity index (χ0) is 15.1. The summed E-state index contributed by atoms with van der Waals surface area (Å²) in [5.74, 6) is -3.49. The van der Waals surface area contributed by atoms with Crippen molar-refractivity contribution in [2.45, 2.75) is 12.8 Å². The van der Waals surface area contributed by atoms with Crippen molar-refractivity contribution < 1.29 is 32.6 Å². The van der Waals surface area contributed by atoms with Gasteiger partial charge in [0.15, 0.2) is 5.78 Å². The molecule has 4 nitrogen and oxygen atoms in total. The van der Waals surface area contributed by atoms with Crippen molar-refractivity contribution in [1.82, 2.24) is 0 Å². The highest BCUT2D eigenvalue weighted by molar-refractivity contribution is 6.32. The van der Waals surface area contributed by atoms with Gasteiger partial charge in [-0.15, -0.1) is 13.2 Å². The van der Waals surface area contributed by atoms with E-state index in [0.717, 1.165) is 18.2 Å². The molecule has 8 heteroatoms. The summed E-state index contributed by atoms with van der Waals surface area (Å²) in [6, 6.07) is 3.11. The van der Waals surface area contributed by atoms with Crippen molar-refractivity contribution in [3.05, 3.63) is 28.8 Å². The third kappa shape index (κ3) is 3.22. The summed E-state index contributed by atoms with van der Waals surface area (Å²) in [7, 11) is 0. The number of Topliss-reactive ketones (excluding diaryl/α,β-unsaturated/α-hetero) is 1. The van der Waals surface area contributed by atoms with Crippen LogP contribution in [0.4, 0.5) is 13.2 Å². The van der Waals surface area contributed by atoms with E-state index in [1.165, 1.54) is 0 Å². The van der Waals surface area contributed by atoms with Crippen molar-refractivity contribution in [2.75, 3.05) is 0 Å². The molecule has 2 unspecified atom stereocenters. The average Bonchev–Trinajstić information content (AvgIpc) is 3.09. The van der Waals surface area contributed by atoms with Gasteiger partial charge in [-0.25, -0.2) is 0 Å². The summed E-state index contributed by atoms with van der Waals surface area (Å²) < 4.78 is 39.8. The van der Waals surface area contributed by atoms with E-state index in [1.54, 1.807) is 0 Å². The highest BCUT2D eigenvalue weighted by Crippen LogP contribution is 2.42. The Kier molecular flexibility index (Phi) is 3.64. The fourth-order valence-electron chi connectivity index (χ4n) is 1.83. The molecule has 1 N–H and O–H groups in total. The lowest BCUT2D eigenvalue weighted by molar-refractivity contribution is -0.274. The molecule has 1 aromatic carbocycles. The van der Waals surface area contributed by atoms with Crippen LogP contribution < -0.4 is 4.74 Å². The number of alkyl halides is 3. The van der Waals surface area contributed by atoms with Gasteiger partial charge in [0.2, 0.25) is 0 Å². The van der Waals surface area contributed by atoms with Crippen LogP contribution in [-0.4, -0.2) is 23.2 Å². The number of hydrogen-bond donors (Lipinski definition) is 1. The number of carboxylic acid groups (broad SMARTS) is 1. The smallest absolute Gasteiger partial charge is 0.481 e. The number of benzene rings is 1. The fourth-order valence-corrected chi connectivity index (χ4v) is 2.05. The standard InChI is InChI=1S/C12H8ClF3O4/c13-8-3-5(1-2-9(8)20-12(14,15)16)10(17)6-4-7(6)11(18)19/h1-3,6-7H,4H2,(H,18,19). The van der Waals surface area contributed by atoms with Crippen LogP contribution in [-0.2, 0) is 4.79 Å². The lowest BCUT2D eigenvalue weighted by Crippen LogP contribution is -2.17. The normalized spacial score (nSPS) is 21.4. The van der Waals surface area contributed by atoms with Gasteiger partial charge in [-0.05, 0) is 24.6 Å². The number of rotatable bonds is 4. The molecule has 1 saturated carbocycles. The van der Waals surface area contributed by atoms with Crippen LogP contribution >= 0.6 is 11.6 Å². The molecule has 108 valence electrons.